The van der Waals surface area contributed by atoms with Crippen molar-refractivity contribution in [2.75, 3.05) is 25.0 Å². The quantitative estimate of drug-likeness (QED) is 0.337. The van der Waals surface area contributed by atoms with E-state index in [4.69, 9.17) is 0 Å². The molecule has 0 spiro atoms. The number of halogens is 4. The van der Waals surface area contributed by atoms with E-state index in [1.165, 1.54) is 16.8 Å². The molecule has 0 fully saturated rings. The Kier molecular flexibility index (Phi) is 8.60. The van der Waals surface area contributed by atoms with E-state index in [1.807, 2.05) is 12.1 Å². The van der Waals surface area contributed by atoms with Crippen LogP contribution in [0.25, 0.3) is 0 Å². The smallest absolute Gasteiger partial charge is 0.367 e. The van der Waals surface area contributed by atoms with Crippen molar-refractivity contribution >= 4 is 35.6 Å². The summed E-state index contributed by atoms with van der Waals surface area (Å²) in [5, 5.41) is 5.72. The van der Waals surface area contributed by atoms with Crippen molar-refractivity contribution in [3.63, 3.8) is 0 Å². The Balaban J connectivity index is 0.00000300. The zero-order valence-corrected chi connectivity index (χ0v) is 18.6. The minimum absolute atomic E-state index is 0. The number of fused-ring (bicyclic) bond motifs is 1. The zero-order valence-electron chi connectivity index (χ0n) is 16.3. The van der Waals surface area contributed by atoms with E-state index in [2.05, 4.69) is 56.9 Å². The van der Waals surface area contributed by atoms with Gasteiger partial charge in [0.2, 0.25) is 0 Å². The molecule has 0 saturated carbocycles. The van der Waals surface area contributed by atoms with Crippen LogP contribution in [-0.2, 0) is 19.5 Å². The molecular formula is C21H26F3IN4. The van der Waals surface area contributed by atoms with E-state index < -0.39 is 12.6 Å². The maximum atomic E-state index is 12.2. The number of anilines is 1. The molecule has 2 N–H and O–H groups in total. The number of alkyl halides is 3. The number of para-hydroxylation sites is 1. The number of rotatable bonds is 6. The first kappa shape index (κ1) is 23.3. The summed E-state index contributed by atoms with van der Waals surface area (Å²) in [5.41, 5.74) is 4.98. The average molecular weight is 518 g/mol. The van der Waals surface area contributed by atoms with Crippen molar-refractivity contribution in [3.8, 4) is 0 Å². The fraction of sp³-hybridized carbons (Fsp3) is 0.381. The summed E-state index contributed by atoms with van der Waals surface area (Å²) in [5.74, 6) is 0.363. The molecular weight excluding hydrogens is 492 g/mol. The summed E-state index contributed by atoms with van der Waals surface area (Å²) in [4.78, 5) is 6.33. The third kappa shape index (κ3) is 7.09. The van der Waals surface area contributed by atoms with Crippen molar-refractivity contribution < 1.29 is 13.2 Å². The van der Waals surface area contributed by atoms with E-state index in [9.17, 15) is 13.2 Å². The molecule has 29 heavy (non-hydrogen) atoms. The van der Waals surface area contributed by atoms with Gasteiger partial charge in [0.1, 0.15) is 0 Å². The monoisotopic (exact) mass is 518 g/mol. The Morgan fingerprint density at radius 2 is 1.72 bits per heavy atom. The molecule has 1 aliphatic heterocycles. The van der Waals surface area contributed by atoms with Crippen LogP contribution < -0.4 is 15.5 Å². The van der Waals surface area contributed by atoms with Crippen LogP contribution in [0.4, 0.5) is 18.9 Å². The summed E-state index contributed by atoms with van der Waals surface area (Å²) >= 11 is 0. The lowest BCUT2D eigenvalue weighted by Gasteiger charge is -2.19. The Morgan fingerprint density at radius 3 is 2.41 bits per heavy atom. The molecule has 0 saturated heterocycles. The first-order valence-electron chi connectivity index (χ1n) is 9.36. The third-order valence-corrected chi connectivity index (χ3v) is 4.76. The van der Waals surface area contributed by atoms with Crippen molar-refractivity contribution in [2.45, 2.75) is 32.1 Å². The number of hydrogen-bond acceptors (Lipinski definition) is 2. The first-order chi connectivity index (χ1) is 13.4. The summed E-state index contributed by atoms with van der Waals surface area (Å²) < 4.78 is 36.7. The molecule has 4 nitrogen and oxygen atoms in total. The van der Waals surface area contributed by atoms with E-state index in [1.54, 1.807) is 7.05 Å². The molecule has 2 aromatic rings. The highest BCUT2D eigenvalue weighted by atomic mass is 127. The molecule has 0 radical (unpaired) electrons. The van der Waals surface area contributed by atoms with Crippen molar-refractivity contribution in [3.05, 3.63) is 65.2 Å². The van der Waals surface area contributed by atoms with Gasteiger partial charge in [-0.25, -0.2) is 0 Å². The second kappa shape index (κ2) is 10.7. The highest BCUT2D eigenvalue weighted by Gasteiger charge is 2.26. The summed E-state index contributed by atoms with van der Waals surface area (Å²) in [6.07, 6.45) is -3.97. The molecule has 0 atom stereocenters. The van der Waals surface area contributed by atoms with Crippen LogP contribution in [-0.4, -0.2) is 32.3 Å². The van der Waals surface area contributed by atoms with Gasteiger partial charge < -0.3 is 15.5 Å². The lowest BCUT2D eigenvalue weighted by molar-refractivity contribution is -0.132. The maximum Gasteiger partial charge on any atom is 0.390 e. The second-order valence-corrected chi connectivity index (χ2v) is 6.83. The third-order valence-electron chi connectivity index (χ3n) is 4.76. The van der Waals surface area contributed by atoms with E-state index in [0.29, 0.717) is 12.5 Å². The van der Waals surface area contributed by atoms with Gasteiger partial charge in [-0.3, -0.25) is 4.99 Å². The van der Waals surface area contributed by atoms with Crippen LogP contribution in [0, 0.1) is 0 Å². The van der Waals surface area contributed by atoms with E-state index in [0.717, 1.165) is 25.1 Å². The average Bonchev–Trinajstić information content (AvgIpc) is 3.08. The fourth-order valence-electron chi connectivity index (χ4n) is 3.28. The molecule has 0 unspecified atom stereocenters. The predicted octanol–water partition coefficient (Wildman–Crippen LogP) is 4.48. The van der Waals surface area contributed by atoms with Gasteiger partial charge in [-0.2, -0.15) is 13.2 Å². The van der Waals surface area contributed by atoms with Crippen LogP contribution in [0.1, 0.15) is 23.1 Å². The van der Waals surface area contributed by atoms with Crippen LogP contribution in [0.2, 0.25) is 0 Å². The minimum atomic E-state index is -4.17. The Bertz CT molecular complexity index is 806. The Labute approximate surface area is 186 Å². The van der Waals surface area contributed by atoms with Crippen molar-refractivity contribution in [1.82, 2.24) is 10.6 Å². The van der Waals surface area contributed by atoms with E-state index in [-0.39, 0.29) is 30.5 Å². The van der Waals surface area contributed by atoms with Gasteiger partial charge in [0.05, 0.1) is 6.42 Å². The van der Waals surface area contributed by atoms with Crippen LogP contribution in [0.15, 0.2) is 53.5 Å². The lowest BCUT2D eigenvalue weighted by Crippen LogP contribution is -2.38. The molecule has 2 aromatic carbocycles. The van der Waals surface area contributed by atoms with Gasteiger partial charge in [0.25, 0.3) is 0 Å². The van der Waals surface area contributed by atoms with Crippen LogP contribution in [0.5, 0.6) is 0 Å². The van der Waals surface area contributed by atoms with Gasteiger partial charge in [-0.1, -0.05) is 42.5 Å². The molecule has 0 bridgehead atoms. The summed E-state index contributed by atoms with van der Waals surface area (Å²) in [6, 6.07) is 16.8. The Morgan fingerprint density at radius 1 is 1.03 bits per heavy atom. The molecule has 8 heteroatoms. The zero-order chi connectivity index (χ0) is 20.0. The Hall–Kier alpha value is -1.97. The lowest BCUT2D eigenvalue weighted by atomic mass is 10.1. The molecule has 0 aliphatic carbocycles. The number of nitrogens with one attached hydrogen (secondary N) is 2. The molecule has 1 aliphatic rings. The second-order valence-electron chi connectivity index (χ2n) is 6.83. The van der Waals surface area contributed by atoms with E-state index >= 15 is 0 Å². The van der Waals surface area contributed by atoms with Crippen LogP contribution >= 0.6 is 24.0 Å². The topological polar surface area (TPSA) is 39.7 Å². The van der Waals surface area contributed by atoms with Crippen molar-refractivity contribution in [2.24, 2.45) is 4.99 Å². The summed E-state index contributed by atoms with van der Waals surface area (Å²) in [6.45, 7) is 2.20. The SMILES string of the molecule is CN=C(NCCC(F)(F)F)NCc1ccc(CN2CCc3ccccc32)cc1.I. The standard InChI is InChI=1S/C21H25F3N4.HI/c1-25-20(26-12-11-21(22,23)24)27-14-16-6-8-17(9-7-16)15-28-13-10-18-4-2-3-5-19(18)28;/h2-9H,10-15H2,1H3,(H2,25,26,27);1H. The highest BCUT2D eigenvalue weighted by molar-refractivity contribution is 14.0. The normalized spacial score (nSPS) is 13.7. The van der Waals surface area contributed by atoms with Gasteiger partial charge in [0.15, 0.2) is 5.96 Å². The number of aliphatic imine (C=N–C) groups is 1. The number of benzene rings is 2. The first-order valence-corrected chi connectivity index (χ1v) is 9.36. The molecule has 1 heterocycles. The summed E-state index contributed by atoms with van der Waals surface area (Å²) in [7, 11) is 1.54. The highest BCUT2D eigenvalue weighted by Crippen LogP contribution is 2.28. The van der Waals surface area contributed by atoms with Gasteiger partial charge in [0, 0.05) is 38.9 Å². The number of hydrogen-bond donors (Lipinski definition) is 2. The van der Waals surface area contributed by atoms with Crippen LogP contribution in [0.3, 0.4) is 0 Å². The molecule has 0 amide bonds. The minimum Gasteiger partial charge on any atom is -0.367 e. The predicted molar refractivity (Wildman–Crippen MR) is 122 cm³/mol. The maximum absolute atomic E-state index is 12.2. The molecule has 3 rings (SSSR count). The largest absolute Gasteiger partial charge is 0.390 e. The fourth-order valence-corrected chi connectivity index (χ4v) is 3.28. The van der Waals surface area contributed by atoms with Gasteiger partial charge in [-0.15, -0.1) is 24.0 Å². The number of nitrogens with zero attached hydrogens (tertiary/aromatic N) is 2. The van der Waals surface area contributed by atoms with Crippen molar-refractivity contribution in [1.29, 1.82) is 0 Å². The number of guanidine groups is 1. The molecule has 158 valence electrons. The van der Waals surface area contributed by atoms with Gasteiger partial charge >= 0.3 is 6.18 Å². The molecule has 0 aromatic heterocycles. The van der Waals surface area contributed by atoms with Gasteiger partial charge in [-0.05, 0) is 29.2 Å².